The molecule has 0 saturated carbocycles. The number of nitrogens with zero attached hydrogens (tertiary/aromatic N) is 2. The Balaban J connectivity index is 1.81. The Bertz CT molecular complexity index is 1680. The molecule has 0 heterocycles. The van der Waals surface area contributed by atoms with Gasteiger partial charge in [0.1, 0.15) is 24.1 Å². The second-order valence-corrected chi connectivity index (χ2v) is 12.4. The topological polar surface area (TPSA) is 105 Å². The molecule has 1 atom stereocenters. The van der Waals surface area contributed by atoms with Crippen LogP contribution in [-0.4, -0.2) is 58.5 Å². The zero-order valence-corrected chi connectivity index (χ0v) is 26.9. The lowest BCUT2D eigenvalue weighted by Gasteiger charge is -2.34. The summed E-state index contributed by atoms with van der Waals surface area (Å²) < 4.78 is 40.2. The molecule has 11 heteroatoms. The van der Waals surface area contributed by atoms with Gasteiger partial charge in [-0.25, -0.2) is 8.42 Å². The lowest BCUT2D eigenvalue weighted by molar-refractivity contribution is -0.140. The van der Waals surface area contributed by atoms with Gasteiger partial charge in [0, 0.05) is 24.5 Å². The number of methoxy groups -OCH3 is 2. The Morgan fingerprint density at radius 1 is 0.822 bits per heavy atom. The van der Waals surface area contributed by atoms with Gasteiger partial charge in [0.05, 0.1) is 24.8 Å². The summed E-state index contributed by atoms with van der Waals surface area (Å²) in [6.45, 7) is 1.58. The van der Waals surface area contributed by atoms with E-state index in [2.05, 4.69) is 5.32 Å². The Morgan fingerprint density at radius 3 is 2.09 bits per heavy atom. The van der Waals surface area contributed by atoms with Gasteiger partial charge in [-0.2, -0.15) is 0 Å². The minimum atomic E-state index is -4.30. The lowest BCUT2D eigenvalue weighted by atomic mass is 10.0. The number of nitrogens with one attached hydrogen (secondary N) is 1. The van der Waals surface area contributed by atoms with Gasteiger partial charge < -0.3 is 19.7 Å². The van der Waals surface area contributed by atoms with Crippen molar-refractivity contribution in [3.05, 3.63) is 119 Å². The predicted octanol–water partition coefficient (Wildman–Crippen LogP) is 5.33. The van der Waals surface area contributed by atoms with Crippen LogP contribution in [0.1, 0.15) is 18.1 Å². The Hall–Kier alpha value is -4.54. The monoisotopic (exact) mass is 649 g/mol. The molecule has 0 aliphatic heterocycles. The minimum absolute atomic E-state index is 0.0347. The second-order valence-electron chi connectivity index (χ2n) is 10.1. The van der Waals surface area contributed by atoms with Crippen LogP contribution in [0.4, 0.5) is 5.69 Å². The maximum atomic E-state index is 14.5. The number of likely N-dealkylation sites (N-methyl/N-ethyl adjacent to an activating group) is 1. The molecular formula is C34H36ClN3O6S. The predicted molar refractivity (Wildman–Crippen MR) is 175 cm³/mol. The van der Waals surface area contributed by atoms with E-state index in [1.54, 1.807) is 55.5 Å². The molecule has 0 aliphatic carbocycles. The third-order valence-corrected chi connectivity index (χ3v) is 9.19. The summed E-state index contributed by atoms with van der Waals surface area (Å²) in [5.74, 6) is -0.199. The van der Waals surface area contributed by atoms with Crippen molar-refractivity contribution in [3.63, 3.8) is 0 Å². The second kappa shape index (κ2) is 15.5. The zero-order valence-electron chi connectivity index (χ0n) is 25.4. The molecule has 0 bridgehead atoms. The van der Waals surface area contributed by atoms with Crippen LogP contribution in [0.5, 0.6) is 11.5 Å². The van der Waals surface area contributed by atoms with E-state index < -0.39 is 28.5 Å². The molecule has 0 aliphatic rings. The zero-order chi connectivity index (χ0) is 32.4. The number of halogens is 1. The van der Waals surface area contributed by atoms with Crippen molar-refractivity contribution in [1.82, 2.24) is 10.2 Å². The number of carbonyl (C=O) groups excluding carboxylic acids is 2. The molecule has 45 heavy (non-hydrogen) atoms. The van der Waals surface area contributed by atoms with Crippen molar-refractivity contribution in [1.29, 1.82) is 0 Å². The van der Waals surface area contributed by atoms with E-state index in [1.165, 1.54) is 43.4 Å². The van der Waals surface area contributed by atoms with E-state index in [0.29, 0.717) is 17.3 Å². The van der Waals surface area contributed by atoms with Gasteiger partial charge in [0.25, 0.3) is 10.0 Å². The summed E-state index contributed by atoms with van der Waals surface area (Å²) in [5.41, 5.74) is 1.74. The molecule has 2 amide bonds. The van der Waals surface area contributed by atoms with Crippen molar-refractivity contribution in [3.8, 4) is 11.5 Å². The molecule has 0 spiro atoms. The average molecular weight is 650 g/mol. The molecule has 4 rings (SSSR count). The van der Waals surface area contributed by atoms with Crippen LogP contribution in [0.3, 0.4) is 0 Å². The number of ether oxygens (including phenoxy) is 2. The maximum absolute atomic E-state index is 14.5. The van der Waals surface area contributed by atoms with Gasteiger partial charge in [0.2, 0.25) is 11.8 Å². The van der Waals surface area contributed by atoms with Crippen LogP contribution in [0.2, 0.25) is 5.02 Å². The summed E-state index contributed by atoms with van der Waals surface area (Å²) >= 11 is 6.13. The van der Waals surface area contributed by atoms with Crippen molar-refractivity contribution in [2.24, 2.45) is 0 Å². The third kappa shape index (κ3) is 8.34. The highest BCUT2D eigenvalue weighted by atomic mass is 35.5. The van der Waals surface area contributed by atoms with E-state index in [9.17, 15) is 18.0 Å². The Kier molecular flexibility index (Phi) is 11.5. The molecular weight excluding hydrogens is 614 g/mol. The lowest BCUT2D eigenvalue weighted by Crippen LogP contribution is -2.53. The smallest absolute Gasteiger partial charge is 0.264 e. The van der Waals surface area contributed by atoms with Crippen LogP contribution in [0.15, 0.2) is 108 Å². The van der Waals surface area contributed by atoms with Gasteiger partial charge in [-0.05, 0) is 66.6 Å². The fraction of sp³-hybridized carbons (Fsp3) is 0.235. The molecule has 4 aromatic rings. The fourth-order valence-electron chi connectivity index (χ4n) is 4.86. The van der Waals surface area contributed by atoms with Gasteiger partial charge in [-0.15, -0.1) is 0 Å². The quantitative estimate of drug-likeness (QED) is 0.198. The number of hydrogen-bond donors (Lipinski definition) is 1. The minimum Gasteiger partial charge on any atom is -0.497 e. The number of rotatable bonds is 14. The first-order valence-corrected chi connectivity index (χ1v) is 16.1. The molecule has 0 unspecified atom stereocenters. The van der Waals surface area contributed by atoms with Gasteiger partial charge >= 0.3 is 0 Å². The molecule has 1 N–H and O–H groups in total. The first kappa shape index (κ1) is 33.4. The fourth-order valence-corrected chi connectivity index (χ4v) is 6.41. The van der Waals surface area contributed by atoms with E-state index in [-0.39, 0.29) is 35.2 Å². The van der Waals surface area contributed by atoms with Crippen LogP contribution in [-0.2, 0) is 32.6 Å². The standard InChI is InChI=1S/C34H36ClN3O6S/c1-4-36-34(40)31(22-25-10-6-5-7-11-25)37(23-26-14-16-27(35)17-15-26)33(39)24-38(30-12-8-9-13-32(30)44-3)45(41,42)29-20-18-28(43-2)19-21-29/h5-21,31H,4,22-24H2,1-3H3,(H,36,40)/t31-/m0/s1. The number of amides is 2. The normalized spacial score (nSPS) is 11.7. The van der Waals surface area contributed by atoms with Crippen molar-refractivity contribution in [2.75, 3.05) is 31.6 Å². The van der Waals surface area contributed by atoms with Gasteiger partial charge in [-0.3, -0.25) is 13.9 Å². The van der Waals surface area contributed by atoms with Gasteiger partial charge in [0.15, 0.2) is 0 Å². The highest BCUT2D eigenvalue weighted by molar-refractivity contribution is 7.92. The Labute approximate surface area is 269 Å². The SMILES string of the molecule is CCNC(=O)[C@H](Cc1ccccc1)N(Cc1ccc(Cl)cc1)C(=O)CN(c1ccccc1OC)S(=O)(=O)c1ccc(OC)cc1. The summed E-state index contributed by atoms with van der Waals surface area (Å²) in [6.07, 6.45) is 0.214. The number of benzene rings is 4. The number of anilines is 1. The number of hydrogen-bond acceptors (Lipinski definition) is 6. The summed E-state index contributed by atoms with van der Waals surface area (Å²) in [6, 6.07) is 27.8. The average Bonchev–Trinajstić information content (AvgIpc) is 3.06. The maximum Gasteiger partial charge on any atom is 0.264 e. The molecule has 4 aromatic carbocycles. The first-order chi connectivity index (χ1) is 21.7. The van der Waals surface area contributed by atoms with Crippen LogP contribution in [0.25, 0.3) is 0 Å². The molecule has 0 aromatic heterocycles. The van der Waals surface area contributed by atoms with E-state index >= 15 is 0 Å². The number of sulfonamides is 1. The van der Waals surface area contributed by atoms with Gasteiger partial charge in [-0.1, -0.05) is 66.2 Å². The molecule has 0 fully saturated rings. The summed E-state index contributed by atoms with van der Waals surface area (Å²) in [7, 11) is -1.39. The van der Waals surface area contributed by atoms with E-state index in [0.717, 1.165) is 15.4 Å². The van der Waals surface area contributed by atoms with Crippen LogP contribution < -0.4 is 19.1 Å². The summed E-state index contributed by atoms with van der Waals surface area (Å²) in [5, 5.41) is 3.37. The van der Waals surface area contributed by atoms with Crippen molar-refractivity contribution >= 4 is 39.1 Å². The molecule has 9 nitrogen and oxygen atoms in total. The third-order valence-electron chi connectivity index (χ3n) is 7.17. The first-order valence-electron chi connectivity index (χ1n) is 14.3. The highest BCUT2D eigenvalue weighted by Gasteiger charge is 2.35. The number of carbonyl (C=O) groups is 2. The van der Waals surface area contributed by atoms with Crippen molar-refractivity contribution in [2.45, 2.75) is 30.8 Å². The highest BCUT2D eigenvalue weighted by Crippen LogP contribution is 2.33. The Morgan fingerprint density at radius 2 is 1.47 bits per heavy atom. The molecule has 0 radical (unpaired) electrons. The van der Waals surface area contributed by atoms with Crippen LogP contribution >= 0.6 is 11.6 Å². The van der Waals surface area contributed by atoms with E-state index in [4.69, 9.17) is 21.1 Å². The number of para-hydroxylation sites is 2. The van der Waals surface area contributed by atoms with E-state index in [1.807, 2.05) is 30.3 Å². The summed E-state index contributed by atoms with van der Waals surface area (Å²) in [4.78, 5) is 29.4. The largest absolute Gasteiger partial charge is 0.497 e. The van der Waals surface area contributed by atoms with Crippen LogP contribution in [0, 0.1) is 0 Å². The van der Waals surface area contributed by atoms with Crippen molar-refractivity contribution < 1.29 is 27.5 Å². The molecule has 236 valence electrons. The molecule has 0 saturated heterocycles.